The fourth-order valence-electron chi connectivity index (χ4n) is 1.69. The van der Waals surface area contributed by atoms with Gasteiger partial charge in [0.05, 0.1) is 12.6 Å². The number of hydrogen-bond acceptors (Lipinski definition) is 3. The van der Waals surface area contributed by atoms with Crippen molar-refractivity contribution in [1.82, 2.24) is 0 Å². The van der Waals surface area contributed by atoms with Crippen LogP contribution in [-0.2, 0) is 0 Å². The summed E-state index contributed by atoms with van der Waals surface area (Å²) in [5.74, 6) is -0.122. The Morgan fingerprint density at radius 2 is 1.61 bits per heavy atom. The van der Waals surface area contributed by atoms with Crippen LogP contribution in [0.25, 0.3) is 0 Å². The maximum Gasteiger partial charge on any atom is 0.123 e. The van der Waals surface area contributed by atoms with Crippen molar-refractivity contribution in [2.75, 3.05) is 11.9 Å². The van der Waals surface area contributed by atoms with Crippen molar-refractivity contribution in [2.24, 2.45) is 0 Å². The molecule has 0 aromatic heterocycles. The van der Waals surface area contributed by atoms with Crippen molar-refractivity contribution in [3.63, 3.8) is 0 Å². The minimum Gasteiger partial charge on any atom is -0.508 e. The third-order valence-corrected chi connectivity index (χ3v) is 2.66. The van der Waals surface area contributed by atoms with Crippen LogP contribution >= 0.6 is 0 Å². The van der Waals surface area contributed by atoms with Gasteiger partial charge in [0.25, 0.3) is 0 Å². The molecule has 0 aliphatic heterocycles. The summed E-state index contributed by atoms with van der Waals surface area (Å²) in [5, 5.41) is 21.7. The van der Waals surface area contributed by atoms with Crippen molar-refractivity contribution in [2.45, 2.75) is 6.04 Å². The van der Waals surface area contributed by atoms with Crippen LogP contribution in [0, 0.1) is 5.82 Å². The molecule has 2 aromatic carbocycles. The van der Waals surface area contributed by atoms with Gasteiger partial charge in [-0.15, -0.1) is 0 Å². The zero-order valence-corrected chi connectivity index (χ0v) is 9.68. The van der Waals surface area contributed by atoms with E-state index in [1.165, 1.54) is 12.1 Å². The van der Waals surface area contributed by atoms with E-state index in [1.54, 1.807) is 36.4 Å². The summed E-state index contributed by atoms with van der Waals surface area (Å²) < 4.78 is 12.8. The number of aromatic hydroxyl groups is 1. The molecule has 0 bridgehead atoms. The number of halogens is 1. The van der Waals surface area contributed by atoms with E-state index in [2.05, 4.69) is 5.32 Å². The maximum absolute atomic E-state index is 12.8. The van der Waals surface area contributed by atoms with E-state index in [1.807, 2.05) is 0 Å². The molecule has 18 heavy (non-hydrogen) atoms. The van der Waals surface area contributed by atoms with E-state index in [9.17, 15) is 14.6 Å². The molecule has 0 saturated heterocycles. The Morgan fingerprint density at radius 1 is 1.00 bits per heavy atom. The average Bonchev–Trinajstić information content (AvgIpc) is 2.39. The van der Waals surface area contributed by atoms with Gasteiger partial charge in [0.1, 0.15) is 11.6 Å². The Labute approximate surface area is 105 Å². The highest BCUT2D eigenvalue weighted by molar-refractivity contribution is 5.45. The summed E-state index contributed by atoms with van der Waals surface area (Å²) >= 11 is 0. The van der Waals surface area contributed by atoms with E-state index in [4.69, 9.17) is 0 Å². The molecule has 94 valence electrons. The zero-order valence-electron chi connectivity index (χ0n) is 9.68. The summed E-state index contributed by atoms with van der Waals surface area (Å²) in [5.41, 5.74) is 1.57. The van der Waals surface area contributed by atoms with Crippen LogP contribution in [0.5, 0.6) is 5.75 Å². The minimum atomic E-state index is -0.300. The largest absolute Gasteiger partial charge is 0.508 e. The summed E-state index contributed by atoms with van der Waals surface area (Å²) in [6.45, 7) is -0.0951. The molecule has 0 fully saturated rings. The minimum absolute atomic E-state index is 0.0951. The van der Waals surface area contributed by atoms with Crippen molar-refractivity contribution in [1.29, 1.82) is 0 Å². The second-order valence-electron chi connectivity index (χ2n) is 3.98. The van der Waals surface area contributed by atoms with E-state index in [0.717, 1.165) is 11.3 Å². The molecule has 2 aromatic rings. The number of nitrogens with one attached hydrogen (secondary N) is 1. The summed E-state index contributed by atoms with van der Waals surface area (Å²) in [4.78, 5) is 0. The molecule has 0 aliphatic rings. The van der Waals surface area contributed by atoms with Crippen LogP contribution in [0.2, 0.25) is 0 Å². The molecule has 0 saturated carbocycles. The van der Waals surface area contributed by atoms with Gasteiger partial charge in [-0.2, -0.15) is 0 Å². The molecule has 1 unspecified atom stereocenters. The lowest BCUT2D eigenvalue weighted by molar-refractivity contribution is 0.276. The second kappa shape index (κ2) is 5.51. The fraction of sp³-hybridized carbons (Fsp3) is 0.143. The molecule has 0 aliphatic carbocycles. The highest BCUT2D eigenvalue weighted by atomic mass is 19.1. The van der Waals surface area contributed by atoms with Crippen molar-refractivity contribution < 1.29 is 14.6 Å². The Kier molecular flexibility index (Phi) is 3.79. The SMILES string of the molecule is OCC(Nc1ccc(F)cc1)c1ccc(O)cc1. The Bertz CT molecular complexity index is 496. The number of benzene rings is 2. The molecule has 3 nitrogen and oxygen atoms in total. The second-order valence-corrected chi connectivity index (χ2v) is 3.98. The average molecular weight is 247 g/mol. The monoisotopic (exact) mass is 247 g/mol. The number of rotatable bonds is 4. The highest BCUT2D eigenvalue weighted by Crippen LogP contribution is 2.21. The van der Waals surface area contributed by atoms with Gasteiger partial charge < -0.3 is 15.5 Å². The first-order chi connectivity index (χ1) is 8.69. The molecule has 0 amide bonds. The first-order valence-electron chi connectivity index (χ1n) is 5.61. The molecule has 0 radical (unpaired) electrons. The van der Waals surface area contributed by atoms with Gasteiger partial charge in [-0.3, -0.25) is 0 Å². The van der Waals surface area contributed by atoms with Gasteiger partial charge in [-0.05, 0) is 42.0 Å². The molecule has 1 atom stereocenters. The lowest BCUT2D eigenvalue weighted by Gasteiger charge is -2.18. The lowest BCUT2D eigenvalue weighted by atomic mass is 10.1. The number of aliphatic hydroxyl groups excluding tert-OH is 1. The van der Waals surface area contributed by atoms with Crippen molar-refractivity contribution >= 4 is 5.69 Å². The van der Waals surface area contributed by atoms with Gasteiger partial charge >= 0.3 is 0 Å². The van der Waals surface area contributed by atoms with E-state index >= 15 is 0 Å². The summed E-state index contributed by atoms with van der Waals surface area (Å²) in [6, 6.07) is 12.2. The van der Waals surface area contributed by atoms with Gasteiger partial charge in [-0.25, -0.2) is 4.39 Å². The predicted octanol–water partition coefficient (Wildman–Crippen LogP) is 2.68. The van der Waals surface area contributed by atoms with Gasteiger partial charge in [0.15, 0.2) is 0 Å². The van der Waals surface area contributed by atoms with Gasteiger partial charge in [-0.1, -0.05) is 12.1 Å². The van der Waals surface area contributed by atoms with Crippen LogP contribution in [-0.4, -0.2) is 16.8 Å². The topological polar surface area (TPSA) is 52.5 Å². The quantitative estimate of drug-likeness (QED) is 0.778. The molecular weight excluding hydrogens is 233 g/mol. The Balaban J connectivity index is 2.14. The van der Waals surface area contributed by atoms with Crippen LogP contribution in [0.4, 0.5) is 10.1 Å². The first-order valence-corrected chi connectivity index (χ1v) is 5.61. The molecule has 3 N–H and O–H groups in total. The Hall–Kier alpha value is -2.07. The van der Waals surface area contributed by atoms with Crippen LogP contribution < -0.4 is 5.32 Å². The summed E-state index contributed by atoms with van der Waals surface area (Å²) in [7, 11) is 0. The molecule has 0 heterocycles. The van der Waals surface area contributed by atoms with Crippen molar-refractivity contribution in [3.8, 4) is 5.75 Å². The van der Waals surface area contributed by atoms with Crippen molar-refractivity contribution in [3.05, 3.63) is 59.9 Å². The summed E-state index contributed by atoms with van der Waals surface area (Å²) in [6.07, 6.45) is 0. The van der Waals surface area contributed by atoms with E-state index in [0.29, 0.717) is 0 Å². The van der Waals surface area contributed by atoms with Crippen LogP contribution in [0.3, 0.4) is 0 Å². The van der Waals surface area contributed by atoms with Gasteiger partial charge in [0, 0.05) is 5.69 Å². The smallest absolute Gasteiger partial charge is 0.123 e. The highest BCUT2D eigenvalue weighted by Gasteiger charge is 2.10. The number of aliphatic hydroxyl groups is 1. The molecule has 4 heteroatoms. The lowest BCUT2D eigenvalue weighted by Crippen LogP contribution is -2.14. The first kappa shape index (κ1) is 12.4. The van der Waals surface area contributed by atoms with Crippen LogP contribution in [0.15, 0.2) is 48.5 Å². The van der Waals surface area contributed by atoms with Gasteiger partial charge in [0.2, 0.25) is 0 Å². The van der Waals surface area contributed by atoms with E-state index < -0.39 is 0 Å². The molecule has 0 spiro atoms. The number of phenols is 1. The number of phenolic OH excluding ortho intramolecular Hbond substituents is 1. The predicted molar refractivity (Wildman–Crippen MR) is 68.0 cm³/mol. The fourth-order valence-corrected chi connectivity index (χ4v) is 1.69. The third kappa shape index (κ3) is 2.99. The van der Waals surface area contributed by atoms with E-state index in [-0.39, 0.29) is 24.2 Å². The molecule has 2 rings (SSSR count). The maximum atomic E-state index is 12.8. The number of hydrogen-bond donors (Lipinski definition) is 3. The van der Waals surface area contributed by atoms with Crippen LogP contribution in [0.1, 0.15) is 11.6 Å². The Morgan fingerprint density at radius 3 is 2.17 bits per heavy atom. The number of anilines is 1. The standard InChI is InChI=1S/C14H14FNO2/c15-11-3-5-12(6-4-11)16-14(9-17)10-1-7-13(18)8-2-10/h1-8,14,16-18H,9H2. The zero-order chi connectivity index (χ0) is 13.0. The normalized spacial score (nSPS) is 12.1. The molecular formula is C14H14FNO2. The third-order valence-electron chi connectivity index (χ3n) is 2.66.